The Labute approximate surface area is 125 Å². The summed E-state index contributed by atoms with van der Waals surface area (Å²) in [6, 6.07) is 3.36. The fourth-order valence-corrected chi connectivity index (χ4v) is 2.58. The average Bonchev–Trinajstić information content (AvgIpc) is 3.05. The summed E-state index contributed by atoms with van der Waals surface area (Å²) in [6.45, 7) is 3.89. The molecule has 0 atom stereocenters. The molecule has 4 N–H and O–H groups in total. The number of imide groups is 1. The van der Waals surface area contributed by atoms with Crippen molar-refractivity contribution in [1.29, 1.82) is 0 Å². The number of aromatic nitrogens is 4. The second-order valence-electron chi connectivity index (χ2n) is 4.55. The Balaban J connectivity index is 1.91. The van der Waals surface area contributed by atoms with Gasteiger partial charge in [-0.25, -0.2) is 0 Å². The van der Waals surface area contributed by atoms with Crippen LogP contribution in [0.15, 0.2) is 23.5 Å². The summed E-state index contributed by atoms with van der Waals surface area (Å²) in [5.41, 5.74) is 6.05. The van der Waals surface area contributed by atoms with Gasteiger partial charge in [0.1, 0.15) is 5.69 Å². The third-order valence-electron chi connectivity index (χ3n) is 2.64. The van der Waals surface area contributed by atoms with E-state index >= 15 is 0 Å². The predicted molar refractivity (Wildman–Crippen MR) is 78.8 cm³/mol. The molecule has 0 bridgehead atoms. The Hall–Kier alpha value is -2.29. The maximum atomic E-state index is 11.8. The second-order valence-corrected chi connectivity index (χ2v) is 5.50. The smallest absolute Gasteiger partial charge is 0.274 e. The van der Waals surface area contributed by atoms with Gasteiger partial charge < -0.3 is 10.7 Å². The first kappa shape index (κ1) is 15.1. The first-order valence-corrected chi connectivity index (χ1v) is 7.28. The zero-order valence-electron chi connectivity index (χ0n) is 11.7. The second kappa shape index (κ2) is 6.44. The summed E-state index contributed by atoms with van der Waals surface area (Å²) in [4.78, 5) is 26.2. The molecule has 0 radical (unpaired) electrons. The number of carbonyl (C=O) groups is 2. The highest BCUT2D eigenvalue weighted by Gasteiger charge is 2.16. The number of nitrogens with zero attached hydrogens (tertiary/aromatic N) is 3. The molecule has 8 nitrogen and oxygen atoms in total. The molecule has 2 aromatic heterocycles. The maximum absolute atomic E-state index is 11.8. The van der Waals surface area contributed by atoms with Crippen LogP contribution in [0.4, 0.5) is 5.95 Å². The van der Waals surface area contributed by atoms with E-state index < -0.39 is 11.8 Å². The van der Waals surface area contributed by atoms with Crippen molar-refractivity contribution in [1.82, 2.24) is 25.1 Å². The SMILES string of the molecule is CC(C)n1c(N)nnc1SCC(=O)NC(=O)c1ccc[nH]1. The number of nitrogen functional groups attached to an aromatic ring is 1. The molecule has 2 heterocycles. The number of rotatable bonds is 5. The van der Waals surface area contributed by atoms with Crippen LogP contribution in [0.1, 0.15) is 30.4 Å². The van der Waals surface area contributed by atoms with Crippen LogP contribution >= 0.6 is 11.8 Å². The summed E-state index contributed by atoms with van der Waals surface area (Å²) in [5.74, 6) is -0.514. The number of hydrogen-bond acceptors (Lipinski definition) is 6. The van der Waals surface area contributed by atoms with E-state index in [1.807, 2.05) is 13.8 Å². The maximum Gasteiger partial charge on any atom is 0.274 e. The van der Waals surface area contributed by atoms with Crippen LogP contribution in [0.2, 0.25) is 0 Å². The Kier molecular flexibility index (Phi) is 4.63. The molecule has 0 aliphatic rings. The highest BCUT2D eigenvalue weighted by atomic mass is 32.2. The average molecular weight is 308 g/mol. The van der Waals surface area contributed by atoms with Crippen LogP contribution in [0, 0.1) is 0 Å². The molecule has 0 spiro atoms. The van der Waals surface area contributed by atoms with Crippen molar-refractivity contribution in [2.24, 2.45) is 0 Å². The Morgan fingerprint density at radius 1 is 1.48 bits per heavy atom. The number of amides is 2. The molecule has 21 heavy (non-hydrogen) atoms. The largest absolute Gasteiger partial charge is 0.368 e. The number of hydrogen-bond donors (Lipinski definition) is 3. The first-order valence-electron chi connectivity index (χ1n) is 6.29. The van der Waals surface area contributed by atoms with Gasteiger partial charge in [0, 0.05) is 12.2 Å². The quantitative estimate of drug-likeness (QED) is 0.704. The number of carbonyl (C=O) groups excluding carboxylic acids is 2. The lowest BCUT2D eigenvalue weighted by Crippen LogP contribution is -2.32. The molecule has 0 aliphatic heterocycles. The lowest BCUT2D eigenvalue weighted by atomic mass is 10.4. The van der Waals surface area contributed by atoms with E-state index in [9.17, 15) is 9.59 Å². The van der Waals surface area contributed by atoms with E-state index in [0.29, 0.717) is 16.8 Å². The lowest BCUT2D eigenvalue weighted by molar-refractivity contribution is -0.117. The van der Waals surface area contributed by atoms with Gasteiger partial charge in [-0.1, -0.05) is 11.8 Å². The fourth-order valence-electron chi connectivity index (χ4n) is 1.70. The van der Waals surface area contributed by atoms with Gasteiger partial charge in [-0.05, 0) is 26.0 Å². The third-order valence-corrected chi connectivity index (χ3v) is 3.58. The summed E-state index contributed by atoms with van der Waals surface area (Å²) < 4.78 is 1.73. The summed E-state index contributed by atoms with van der Waals surface area (Å²) in [7, 11) is 0. The topological polar surface area (TPSA) is 119 Å². The van der Waals surface area contributed by atoms with Crippen molar-refractivity contribution in [3.63, 3.8) is 0 Å². The molecule has 0 unspecified atom stereocenters. The zero-order valence-corrected chi connectivity index (χ0v) is 12.5. The van der Waals surface area contributed by atoms with Crippen LogP contribution in [-0.2, 0) is 4.79 Å². The Morgan fingerprint density at radius 2 is 2.24 bits per heavy atom. The number of anilines is 1. The molecule has 112 valence electrons. The monoisotopic (exact) mass is 308 g/mol. The van der Waals surface area contributed by atoms with E-state index in [-0.39, 0.29) is 11.8 Å². The highest BCUT2D eigenvalue weighted by Crippen LogP contribution is 2.22. The molecule has 2 aromatic rings. The van der Waals surface area contributed by atoms with Crippen molar-refractivity contribution in [2.45, 2.75) is 25.0 Å². The number of nitrogens with two attached hydrogens (primary N) is 1. The zero-order chi connectivity index (χ0) is 15.4. The highest BCUT2D eigenvalue weighted by molar-refractivity contribution is 7.99. The molecule has 0 saturated carbocycles. The third kappa shape index (κ3) is 3.63. The van der Waals surface area contributed by atoms with E-state index in [4.69, 9.17) is 5.73 Å². The summed E-state index contributed by atoms with van der Waals surface area (Å²) in [6.07, 6.45) is 1.61. The first-order chi connectivity index (χ1) is 9.99. The van der Waals surface area contributed by atoms with E-state index in [1.165, 1.54) is 11.8 Å². The van der Waals surface area contributed by atoms with Gasteiger partial charge in [-0.2, -0.15) is 0 Å². The normalized spacial score (nSPS) is 10.8. The minimum absolute atomic E-state index is 0.0529. The van der Waals surface area contributed by atoms with Gasteiger partial charge in [0.25, 0.3) is 5.91 Å². The van der Waals surface area contributed by atoms with Gasteiger partial charge in [0.15, 0.2) is 5.16 Å². The van der Waals surface area contributed by atoms with Crippen molar-refractivity contribution < 1.29 is 9.59 Å². The van der Waals surface area contributed by atoms with Crippen molar-refractivity contribution in [2.75, 3.05) is 11.5 Å². The van der Waals surface area contributed by atoms with Crippen LogP contribution in [0.5, 0.6) is 0 Å². The van der Waals surface area contributed by atoms with Crippen LogP contribution < -0.4 is 11.1 Å². The summed E-state index contributed by atoms with van der Waals surface area (Å²) in [5, 5.41) is 10.5. The van der Waals surface area contributed by atoms with E-state index in [2.05, 4.69) is 20.5 Å². The molecule has 2 rings (SSSR count). The van der Waals surface area contributed by atoms with Gasteiger partial charge in [-0.3, -0.25) is 19.5 Å². The van der Waals surface area contributed by atoms with Gasteiger partial charge in [-0.15, -0.1) is 10.2 Å². The molecular weight excluding hydrogens is 292 g/mol. The molecule has 0 saturated heterocycles. The lowest BCUT2D eigenvalue weighted by Gasteiger charge is -2.10. The summed E-state index contributed by atoms with van der Waals surface area (Å²) >= 11 is 1.18. The molecule has 0 aromatic carbocycles. The van der Waals surface area contributed by atoms with E-state index in [1.54, 1.807) is 22.9 Å². The minimum Gasteiger partial charge on any atom is -0.368 e. The number of thioether (sulfide) groups is 1. The number of nitrogens with one attached hydrogen (secondary N) is 2. The molecule has 0 fully saturated rings. The standard InChI is InChI=1S/C12H16N6O2S/c1-7(2)18-11(13)16-17-12(18)21-6-9(19)15-10(20)8-4-3-5-14-8/h3-5,7,14H,6H2,1-2H3,(H2,13,16)(H,15,19,20). The number of H-pyrrole nitrogens is 1. The van der Waals surface area contributed by atoms with Crippen LogP contribution in [0.25, 0.3) is 0 Å². The predicted octanol–water partition coefficient (Wildman–Crippen LogP) is 0.818. The Bertz CT molecular complexity index is 634. The molecular formula is C12H16N6O2S. The van der Waals surface area contributed by atoms with E-state index in [0.717, 1.165) is 0 Å². The molecule has 9 heteroatoms. The van der Waals surface area contributed by atoms with Crippen LogP contribution in [0.3, 0.4) is 0 Å². The molecule has 0 aliphatic carbocycles. The van der Waals surface area contributed by atoms with Crippen molar-refractivity contribution in [3.05, 3.63) is 24.0 Å². The van der Waals surface area contributed by atoms with Gasteiger partial charge in [0.05, 0.1) is 5.75 Å². The van der Waals surface area contributed by atoms with Crippen molar-refractivity contribution >= 4 is 29.5 Å². The van der Waals surface area contributed by atoms with Crippen LogP contribution in [-0.4, -0.2) is 37.3 Å². The van der Waals surface area contributed by atoms with Crippen molar-refractivity contribution in [3.8, 4) is 0 Å². The number of aromatic amines is 1. The molecule has 2 amide bonds. The van der Waals surface area contributed by atoms with Gasteiger partial charge in [0.2, 0.25) is 11.9 Å². The minimum atomic E-state index is -0.463. The van der Waals surface area contributed by atoms with Gasteiger partial charge >= 0.3 is 0 Å². The Morgan fingerprint density at radius 3 is 2.86 bits per heavy atom. The fraction of sp³-hybridized carbons (Fsp3) is 0.333.